The van der Waals surface area contributed by atoms with Crippen molar-refractivity contribution in [2.24, 2.45) is 11.3 Å². The maximum Gasteiger partial charge on any atom is 0.0249 e. The van der Waals surface area contributed by atoms with E-state index in [4.69, 9.17) is 0 Å². The fourth-order valence-corrected chi connectivity index (χ4v) is 4.01. The highest BCUT2D eigenvalue weighted by molar-refractivity contribution is 4.94. The SMILES string of the molecule is CCCCN1CC(C(C)(C)C)NCC1C1CCCCC1. The van der Waals surface area contributed by atoms with E-state index in [1.807, 2.05) is 0 Å². The Labute approximate surface area is 126 Å². The molecule has 1 aliphatic carbocycles. The van der Waals surface area contributed by atoms with Gasteiger partial charge in [0.25, 0.3) is 0 Å². The Hall–Kier alpha value is -0.0800. The molecule has 0 bridgehead atoms. The molecule has 1 saturated carbocycles. The molecule has 1 heterocycles. The first-order chi connectivity index (χ1) is 9.52. The molecule has 118 valence electrons. The smallest absolute Gasteiger partial charge is 0.0249 e. The Balaban J connectivity index is 1.99. The zero-order valence-corrected chi connectivity index (χ0v) is 14.3. The number of nitrogens with one attached hydrogen (secondary N) is 1. The molecule has 2 atom stereocenters. The van der Waals surface area contributed by atoms with Gasteiger partial charge in [-0.3, -0.25) is 4.90 Å². The molecule has 1 N–H and O–H groups in total. The Kier molecular flexibility index (Phi) is 5.92. The third-order valence-electron chi connectivity index (χ3n) is 5.50. The van der Waals surface area contributed by atoms with Crippen LogP contribution in [0.25, 0.3) is 0 Å². The van der Waals surface area contributed by atoms with Crippen molar-refractivity contribution in [3.8, 4) is 0 Å². The molecule has 0 aromatic carbocycles. The van der Waals surface area contributed by atoms with Crippen LogP contribution in [0, 0.1) is 11.3 Å². The molecule has 2 fully saturated rings. The summed E-state index contributed by atoms with van der Waals surface area (Å²) in [6, 6.07) is 1.46. The summed E-state index contributed by atoms with van der Waals surface area (Å²) in [6.45, 7) is 13.2. The Bertz CT molecular complexity index is 276. The van der Waals surface area contributed by atoms with Crippen LogP contribution in [0.15, 0.2) is 0 Å². The molecule has 1 aliphatic heterocycles. The van der Waals surface area contributed by atoms with Crippen LogP contribution in [0.1, 0.15) is 72.6 Å². The zero-order valence-electron chi connectivity index (χ0n) is 14.3. The minimum Gasteiger partial charge on any atom is -0.311 e. The van der Waals surface area contributed by atoms with Gasteiger partial charge in [-0.05, 0) is 37.1 Å². The van der Waals surface area contributed by atoms with E-state index in [1.54, 1.807) is 0 Å². The predicted molar refractivity (Wildman–Crippen MR) is 88.1 cm³/mol. The lowest BCUT2D eigenvalue weighted by Crippen LogP contribution is -2.62. The van der Waals surface area contributed by atoms with Gasteiger partial charge in [0.05, 0.1) is 0 Å². The van der Waals surface area contributed by atoms with Crippen LogP contribution in [-0.4, -0.2) is 36.6 Å². The topological polar surface area (TPSA) is 15.3 Å². The fourth-order valence-electron chi connectivity index (χ4n) is 4.01. The first-order valence-electron chi connectivity index (χ1n) is 8.99. The summed E-state index contributed by atoms with van der Waals surface area (Å²) in [4.78, 5) is 2.84. The fraction of sp³-hybridized carbons (Fsp3) is 1.00. The molecule has 1 saturated heterocycles. The van der Waals surface area contributed by atoms with Crippen LogP contribution in [0.2, 0.25) is 0 Å². The first-order valence-corrected chi connectivity index (χ1v) is 8.99. The molecule has 2 nitrogen and oxygen atoms in total. The van der Waals surface area contributed by atoms with Gasteiger partial charge in [0.2, 0.25) is 0 Å². The molecule has 2 unspecified atom stereocenters. The minimum absolute atomic E-state index is 0.377. The number of piperazine rings is 1. The summed E-state index contributed by atoms with van der Waals surface area (Å²) in [5.74, 6) is 0.953. The van der Waals surface area contributed by atoms with E-state index >= 15 is 0 Å². The number of nitrogens with zero attached hydrogens (tertiary/aromatic N) is 1. The highest BCUT2D eigenvalue weighted by Gasteiger charge is 2.37. The van der Waals surface area contributed by atoms with E-state index in [0.29, 0.717) is 11.5 Å². The number of rotatable bonds is 4. The van der Waals surface area contributed by atoms with Crippen LogP contribution in [0.5, 0.6) is 0 Å². The Morgan fingerprint density at radius 1 is 1.10 bits per heavy atom. The quantitative estimate of drug-likeness (QED) is 0.835. The lowest BCUT2D eigenvalue weighted by atomic mass is 9.79. The van der Waals surface area contributed by atoms with E-state index < -0.39 is 0 Å². The van der Waals surface area contributed by atoms with E-state index in [0.717, 1.165) is 12.0 Å². The largest absolute Gasteiger partial charge is 0.311 e. The lowest BCUT2D eigenvalue weighted by molar-refractivity contribution is 0.0434. The number of hydrogen-bond donors (Lipinski definition) is 1. The second-order valence-corrected chi connectivity index (χ2v) is 8.14. The third kappa shape index (κ3) is 4.21. The van der Waals surface area contributed by atoms with E-state index in [2.05, 4.69) is 37.9 Å². The summed E-state index contributed by atoms with van der Waals surface area (Å²) in [6.07, 6.45) is 10.0. The first kappa shape index (κ1) is 16.3. The third-order valence-corrected chi connectivity index (χ3v) is 5.50. The summed E-state index contributed by atoms with van der Waals surface area (Å²) >= 11 is 0. The van der Waals surface area contributed by atoms with E-state index in [-0.39, 0.29) is 0 Å². The molecule has 0 radical (unpaired) electrons. The van der Waals surface area contributed by atoms with E-state index in [9.17, 15) is 0 Å². The van der Waals surface area contributed by atoms with Crippen LogP contribution in [0.4, 0.5) is 0 Å². The van der Waals surface area contributed by atoms with Gasteiger partial charge in [-0.2, -0.15) is 0 Å². The standard InChI is InChI=1S/C18H36N2/c1-5-6-12-20-14-17(18(2,3)4)19-13-16(20)15-10-8-7-9-11-15/h15-17,19H,5-14H2,1-4H3. The van der Waals surface area contributed by atoms with Crippen LogP contribution < -0.4 is 5.32 Å². The minimum atomic E-state index is 0.377. The van der Waals surface area contributed by atoms with Gasteiger partial charge in [0.1, 0.15) is 0 Å². The van der Waals surface area contributed by atoms with Crippen LogP contribution in [0.3, 0.4) is 0 Å². The lowest BCUT2D eigenvalue weighted by Gasteiger charge is -2.48. The molecular formula is C18H36N2. The highest BCUT2D eigenvalue weighted by Crippen LogP contribution is 2.32. The monoisotopic (exact) mass is 280 g/mol. The molecular weight excluding hydrogens is 244 g/mol. The van der Waals surface area contributed by atoms with Crippen molar-refractivity contribution in [3.63, 3.8) is 0 Å². The normalized spacial score (nSPS) is 30.6. The molecule has 0 amide bonds. The van der Waals surface area contributed by atoms with E-state index in [1.165, 1.54) is 64.6 Å². The molecule has 20 heavy (non-hydrogen) atoms. The van der Waals surface area contributed by atoms with Gasteiger partial charge in [-0.1, -0.05) is 53.4 Å². The predicted octanol–water partition coefficient (Wildman–Crippen LogP) is 4.06. The molecule has 2 rings (SSSR count). The average Bonchev–Trinajstić information content (AvgIpc) is 2.45. The summed E-state index contributed by atoms with van der Waals surface area (Å²) in [5, 5.41) is 3.87. The maximum atomic E-state index is 3.87. The second-order valence-electron chi connectivity index (χ2n) is 8.14. The van der Waals surface area contributed by atoms with Crippen molar-refractivity contribution in [1.82, 2.24) is 10.2 Å². The molecule has 0 spiro atoms. The summed E-state index contributed by atoms with van der Waals surface area (Å²) < 4.78 is 0. The van der Waals surface area contributed by atoms with Crippen molar-refractivity contribution < 1.29 is 0 Å². The Morgan fingerprint density at radius 2 is 1.80 bits per heavy atom. The Morgan fingerprint density at radius 3 is 2.40 bits per heavy atom. The van der Waals surface area contributed by atoms with Gasteiger partial charge in [0.15, 0.2) is 0 Å². The highest BCUT2D eigenvalue weighted by atomic mass is 15.2. The molecule has 0 aromatic heterocycles. The zero-order chi connectivity index (χ0) is 14.6. The average molecular weight is 280 g/mol. The van der Waals surface area contributed by atoms with Crippen molar-refractivity contribution in [2.45, 2.75) is 84.7 Å². The molecule has 0 aromatic rings. The van der Waals surface area contributed by atoms with Gasteiger partial charge in [-0.15, -0.1) is 0 Å². The summed E-state index contributed by atoms with van der Waals surface area (Å²) in [5.41, 5.74) is 0.377. The van der Waals surface area contributed by atoms with Crippen LogP contribution in [-0.2, 0) is 0 Å². The van der Waals surface area contributed by atoms with Crippen molar-refractivity contribution in [1.29, 1.82) is 0 Å². The number of hydrogen-bond acceptors (Lipinski definition) is 2. The number of unbranched alkanes of at least 4 members (excludes halogenated alkanes) is 1. The van der Waals surface area contributed by atoms with Gasteiger partial charge in [0, 0.05) is 25.2 Å². The molecule has 2 aliphatic rings. The second kappa shape index (κ2) is 7.26. The van der Waals surface area contributed by atoms with Crippen LogP contribution >= 0.6 is 0 Å². The van der Waals surface area contributed by atoms with Gasteiger partial charge < -0.3 is 5.32 Å². The van der Waals surface area contributed by atoms with Crippen molar-refractivity contribution in [2.75, 3.05) is 19.6 Å². The van der Waals surface area contributed by atoms with Crippen molar-refractivity contribution in [3.05, 3.63) is 0 Å². The van der Waals surface area contributed by atoms with Gasteiger partial charge in [-0.25, -0.2) is 0 Å². The summed E-state index contributed by atoms with van der Waals surface area (Å²) in [7, 11) is 0. The molecule has 2 heteroatoms. The van der Waals surface area contributed by atoms with Gasteiger partial charge >= 0.3 is 0 Å². The van der Waals surface area contributed by atoms with Crippen molar-refractivity contribution >= 4 is 0 Å². The maximum absolute atomic E-state index is 3.87.